The zero-order chi connectivity index (χ0) is 17.7. The molecule has 0 saturated carbocycles. The van der Waals surface area contributed by atoms with E-state index in [2.05, 4.69) is 15.3 Å². The van der Waals surface area contributed by atoms with Crippen LogP contribution in [0.2, 0.25) is 0 Å². The molecular formula is C11H12F6N4O2. The zero-order valence-corrected chi connectivity index (χ0v) is 11.4. The summed E-state index contributed by atoms with van der Waals surface area (Å²) in [5.41, 5.74) is 0. The van der Waals surface area contributed by atoms with Crippen molar-refractivity contribution >= 4 is 11.8 Å². The summed E-state index contributed by atoms with van der Waals surface area (Å²) in [4.78, 5) is 17.5. The fourth-order valence-corrected chi connectivity index (χ4v) is 1.56. The molecule has 0 radical (unpaired) electrons. The van der Waals surface area contributed by atoms with E-state index in [4.69, 9.17) is 9.90 Å². The van der Waals surface area contributed by atoms with Crippen molar-refractivity contribution < 1.29 is 36.2 Å². The highest BCUT2D eigenvalue weighted by molar-refractivity contribution is 5.73. The Morgan fingerprint density at radius 3 is 2.13 bits per heavy atom. The largest absolute Gasteiger partial charge is 0.490 e. The van der Waals surface area contributed by atoms with Gasteiger partial charge in [0.1, 0.15) is 5.82 Å². The average molecular weight is 346 g/mol. The molecule has 2 heterocycles. The van der Waals surface area contributed by atoms with E-state index in [-0.39, 0.29) is 0 Å². The number of anilines is 1. The molecule has 6 nitrogen and oxygen atoms in total. The number of carboxylic acids is 1. The first kappa shape index (κ1) is 18.9. The SMILES string of the molecule is FC(F)(F)c1nccc(N2CCNCC2)n1.O=C(O)C(F)(F)F. The van der Waals surface area contributed by atoms with Crippen LogP contribution in [0, 0.1) is 0 Å². The number of aromatic nitrogens is 2. The molecule has 1 aromatic heterocycles. The van der Waals surface area contributed by atoms with Gasteiger partial charge in [0.05, 0.1) is 0 Å². The number of rotatable bonds is 1. The molecule has 12 heteroatoms. The molecule has 0 amide bonds. The fourth-order valence-electron chi connectivity index (χ4n) is 1.56. The van der Waals surface area contributed by atoms with Gasteiger partial charge in [-0.25, -0.2) is 14.8 Å². The van der Waals surface area contributed by atoms with Crippen LogP contribution in [0.4, 0.5) is 32.2 Å². The maximum absolute atomic E-state index is 12.4. The maximum Gasteiger partial charge on any atom is 0.490 e. The third-order valence-electron chi connectivity index (χ3n) is 2.58. The van der Waals surface area contributed by atoms with Crippen molar-refractivity contribution in [2.45, 2.75) is 12.4 Å². The van der Waals surface area contributed by atoms with Crippen molar-refractivity contribution in [2.75, 3.05) is 31.1 Å². The van der Waals surface area contributed by atoms with E-state index in [9.17, 15) is 26.3 Å². The van der Waals surface area contributed by atoms with Crippen LogP contribution in [0.15, 0.2) is 12.3 Å². The third kappa shape index (κ3) is 6.26. The van der Waals surface area contributed by atoms with E-state index in [1.165, 1.54) is 6.07 Å². The Labute approximate surface area is 126 Å². The van der Waals surface area contributed by atoms with Crippen LogP contribution in [-0.4, -0.2) is 53.4 Å². The summed E-state index contributed by atoms with van der Waals surface area (Å²) in [6, 6.07) is 1.50. The van der Waals surface area contributed by atoms with Crippen molar-refractivity contribution in [1.82, 2.24) is 15.3 Å². The molecule has 0 atom stereocenters. The molecular weight excluding hydrogens is 334 g/mol. The van der Waals surface area contributed by atoms with Gasteiger partial charge in [-0.15, -0.1) is 0 Å². The molecule has 0 bridgehead atoms. The Balaban J connectivity index is 0.000000322. The number of carboxylic acid groups (broad SMARTS) is 1. The number of alkyl halides is 6. The highest BCUT2D eigenvalue weighted by Crippen LogP contribution is 2.27. The van der Waals surface area contributed by atoms with E-state index in [1.54, 1.807) is 0 Å². The van der Waals surface area contributed by atoms with Gasteiger partial charge in [-0.3, -0.25) is 0 Å². The first-order valence-electron chi connectivity index (χ1n) is 6.18. The second kappa shape index (κ2) is 7.44. The normalized spacial score (nSPS) is 15.7. The van der Waals surface area contributed by atoms with Crippen LogP contribution in [0.25, 0.3) is 0 Å². The summed E-state index contributed by atoms with van der Waals surface area (Å²) in [6.07, 6.45) is -8.42. The molecule has 1 saturated heterocycles. The van der Waals surface area contributed by atoms with Crippen molar-refractivity contribution in [3.63, 3.8) is 0 Å². The van der Waals surface area contributed by atoms with Crippen LogP contribution in [-0.2, 0) is 11.0 Å². The predicted molar refractivity (Wildman–Crippen MR) is 65.8 cm³/mol. The Kier molecular flexibility index (Phi) is 6.12. The van der Waals surface area contributed by atoms with Gasteiger partial charge < -0.3 is 15.3 Å². The smallest absolute Gasteiger partial charge is 0.475 e. The number of hydrogen-bond donors (Lipinski definition) is 2. The lowest BCUT2D eigenvalue weighted by Gasteiger charge is -2.28. The minimum absolute atomic E-state index is 0.337. The van der Waals surface area contributed by atoms with Crippen LogP contribution in [0.1, 0.15) is 5.82 Å². The minimum Gasteiger partial charge on any atom is -0.475 e. The van der Waals surface area contributed by atoms with Crippen LogP contribution in [0.5, 0.6) is 0 Å². The molecule has 1 aliphatic rings. The van der Waals surface area contributed by atoms with Crippen LogP contribution >= 0.6 is 0 Å². The molecule has 2 N–H and O–H groups in total. The molecule has 0 aliphatic carbocycles. The first-order chi connectivity index (χ1) is 10.5. The van der Waals surface area contributed by atoms with Crippen LogP contribution in [0.3, 0.4) is 0 Å². The Bertz CT molecular complexity index is 528. The molecule has 23 heavy (non-hydrogen) atoms. The van der Waals surface area contributed by atoms with Gasteiger partial charge in [0.2, 0.25) is 5.82 Å². The summed E-state index contributed by atoms with van der Waals surface area (Å²) in [5, 5.41) is 10.2. The van der Waals surface area contributed by atoms with Crippen molar-refractivity contribution in [1.29, 1.82) is 0 Å². The number of halogens is 6. The van der Waals surface area contributed by atoms with Gasteiger partial charge in [0.15, 0.2) is 0 Å². The highest BCUT2D eigenvalue weighted by Gasteiger charge is 2.38. The Morgan fingerprint density at radius 1 is 1.17 bits per heavy atom. The summed E-state index contributed by atoms with van der Waals surface area (Å²) < 4.78 is 68.9. The molecule has 1 aromatic rings. The van der Waals surface area contributed by atoms with Crippen molar-refractivity contribution in [2.24, 2.45) is 0 Å². The lowest BCUT2D eigenvalue weighted by Crippen LogP contribution is -2.44. The topological polar surface area (TPSA) is 78.4 Å². The average Bonchev–Trinajstić information content (AvgIpc) is 2.47. The molecule has 130 valence electrons. The van der Waals surface area contributed by atoms with E-state index in [0.717, 1.165) is 19.3 Å². The lowest BCUT2D eigenvalue weighted by atomic mass is 10.3. The summed E-state index contributed by atoms with van der Waals surface area (Å²) in [5.74, 6) is -3.50. The lowest BCUT2D eigenvalue weighted by molar-refractivity contribution is -0.192. The number of hydrogen-bond acceptors (Lipinski definition) is 5. The first-order valence-corrected chi connectivity index (χ1v) is 6.18. The van der Waals surface area contributed by atoms with E-state index >= 15 is 0 Å². The number of aliphatic carboxylic acids is 1. The van der Waals surface area contributed by atoms with Gasteiger partial charge in [0.25, 0.3) is 0 Å². The fraction of sp³-hybridized carbons (Fsp3) is 0.545. The predicted octanol–water partition coefficient (Wildman–Crippen LogP) is 1.54. The second-order valence-corrected chi connectivity index (χ2v) is 4.28. The Hall–Kier alpha value is -2.11. The molecule has 1 fully saturated rings. The quantitative estimate of drug-likeness (QED) is 0.751. The summed E-state index contributed by atoms with van der Waals surface area (Å²) in [7, 11) is 0. The molecule has 0 aromatic carbocycles. The number of nitrogens with zero attached hydrogens (tertiary/aromatic N) is 3. The van der Waals surface area contributed by atoms with E-state index in [1.807, 2.05) is 4.90 Å². The molecule has 2 rings (SSSR count). The van der Waals surface area contributed by atoms with Crippen LogP contribution < -0.4 is 10.2 Å². The molecule has 0 spiro atoms. The zero-order valence-electron chi connectivity index (χ0n) is 11.4. The van der Waals surface area contributed by atoms with Gasteiger partial charge in [-0.1, -0.05) is 0 Å². The van der Waals surface area contributed by atoms with Crippen molar-refractivity contribution in [3.05, 3.63) is 18.1 Å². The van der Waals surface area contributed by atoms with E-state index in [0.29, 0.717) is 18.9 Å². The summed E-state index contributed by atoms with van der Waals surface area (Å²) >= 11 is 0. The monoisotopic (exact) mass is 346 g/mol. The third-order valence-corrected chi connectivity index (χ3v) is 2.58. The maximum atomic E-state index is 12.4. The number of carbonyl (C=O) groups is 1. The minimum atomic E-state index is -5.08. The second-order valence-electron chi connectivity index (χ2n) is 4.28. The van der Waals surface area contributed by atoms with Gasteiger partial charge in [0, 0.05) is 32.4 Å². The highest BCUT2D eigenvalue weighted by atomic mass is 19.4. The van der Waals surface area contributed by atoms with Gasteiger partial charge in [-0.2, -0.15) is 26.3 Å². The Morgan fingerprint density at radius 2 is 1.70 bits per heavy atom. The van der Waals surface area contributed by atoms with Gasteiger partial charge in [-0.05, 0) is 6.07 Å². The van der Waals surface area contributed by atoms with Gasteiger partial charge >= 0.3 is 18.3 Å². The molecule has 0 unspecified atom stereocenters. The van der Waals surface area contributed by atoms with Crippen molar-refractivity contribution in [3.8, 4) is 0 Å². The summed E-state index contributed by atoms with van der Waals surface area (Å²) in [6.45, 7) is 2.83. The molecule has 1 aliphatic heterocycles. The number of piperazine rings is 1. The van der Waals surface area contributed by atoms with E-state index < -0.39 is 24.1 Å². The number of nitrogens with one attached hydrogen (secondary N) is 1. The standard InChI is InChI=1S/C9H11F3N4.C2HF3O2/c10-9(11,12)8-14-2-1-7(15-8)16-5-3-13-4-6-16;3-2(4,5)1(6)7/h1-2,13H,3-6H2;(H,6,7).